The van der Waals surface area contributed by atoms with Gasteiger partial charge in [0.1, 0.15) is 5.54 Å². The van der Waals surface area contributed by atoms with Gasteiger partial charge in [-0.15, -0.1) is 0 Å². The highest BCUT2D eigenvalue weighted by Crippen LogP contribution is 2.20. The predicted octanol–water partition coefficient (Wildman–Crippen LogP) is 0.158. The third-order valence-electron chi connectivity index (χ3n) is 3.49. The van der Waals surface area contributed by atoms with Crippen LogP contribution in [0, 0.1) is 0 Å². The Bertz CT molecular complexity index is 260. The summed E-state index contributed by atoms with van der Waals surface area (Å²) in [5, 5.41) is 12.0. The second-order valence-electron chi connectivity index (χ2n) is 4.73. The standard InChI is InChI=1S/C11H22N2O3/c1-8-9(5-6-16-8)13(4)7-11(2,12-3)10(14)15/h8-9,12H,5-7H2,1-4H3,(H,14,15). The van der Waals surface area contributed by atoms with Crippen molar-refractivity contribution >= 4 is 5.97 Å². The molecule has 1 fully saturated rings. The molecule has 1 aliphatic rings. The van der Waals surface area contributed by atoms with Crippen molar-refractivity contribution in [3.05, 3.63) is 0 Å². The summed E-state index contributed by atoms with van der Waals surface area (Å²) in [6.45, 7) is 4.97. The smallest absolute Gasteiger partial charge is 0.324 e. The largest absolute Gasteiger partial charge is 0.480 e. The molecule has 94 valence electrons. The molecule has 3 unspecified atom stereocenters. The van der Waals surface area contributed by atoms with Crippen molar-refractivity contribution < 1.29 is 14.6 Å². The first-order valence-corrected chi connectivity index (χ1v) is 5.65. The molecule has 0 aliphatic carbocycles. The van der Waals surface area contributed by atoms with Gasteiger partial charge in [-0.2, -0.15) is 0 Å². The van der Waals surface area contributed by atoms with Crippen molar-refractivity contribution in [1.29, 1.82) is 0 Å². The number of hydrogen-bond donors (Lipinski definition) is 2. The topological polar surface area (TPSA) is 61.8 Å². The molecule has 1 aliphatic heterocycles. The van der Waals surface area contributed by atoms with Crippen molar-refractivity contribution in [2.45, 2.75) is 38.0 Å². The Labute approximate surface area is 96.8 Å². The lowest BCUT2D eigenvalue weighted by atomic mass is 10.0. The van der Waals surface area contributed by atoms with E-state index in [4.69, 9.17) is 9.84 Å². The highest BCUT2D eigenvalue weighted by atomic mass is 16.5. The van der Waals surface area contributed by atoms with Crippen LogP contribution in [0.5, 0.6) is 0 Å². The zero-order valence-corrected chi connectivity index (χ0v) is 10.5. The Balaban J connectivity index is 2.61. The molecule has 0 aromatic rings. The lowest BCUT2D eigenvalue weighted by Gasteiger charge is -2.34. The average Bonchev–Trinajstić information content (AvgIpc) is 2.64. The van der Waals surface area contributed by atoms with Crippen molar-refractivity contribution in [3.63, 3.8) is 0 Å². The molecule has 0 aromatic heterocycles. The molecule has 0 saturated carbocycles. The van der Waals surface area contributed by atoms with E-state index in [1.807, 2.05) is 14.0 Å². The number of aliphatic carboxylic acids is 1. The van der Waals surface area contributed by atoms with Crippen LogP contribution in [0.2, 0.25) is 0 Å². The van der Waals surface area contributed by atoms with E-state index in [1.54, 1.807) is 14.0 Å². The summed E-state index contributed by atoms with van der Waals surface area (Å²) in [6.07, 6.45) is 1.15. The lowest BCUT2D eigenvalue weighted by molar-refractivity contribution is -0.145. The van der Waals surface area contributed by atoms with E-state index in [0.29, 0.717) is 12.6 Å². The van der Waals surface area contributed by atoms with Crippen LogP contribution in [0.15, 0.2) is 0 Å². The Morgan fingerprint density at radius 1 is 1.69 bits per heavy atom. The van der Waals surface area contributed by atoms with Crippen LogP contribution in [0.4, 0.5) is 0 Å². The number of ether oxygens (including phenoxy) is 1. The molecule has 0 spiro atoms. The van der Waals surface area contributed by atoms with Crippen molar-refractivity contribution in [3.8, 4) is 0 Å². The van der Waals surface area contributed by atoms with Crippen LogP contribution in [0.1, 0.15) is 20.3 Å². The number of hydrogen-bond acceptors (Lipinski definition) is 4. The second kappa shape index (κ2) is 5.12. The predicted molar refractivity (Wildman–Crippen MR) is 61.5 cm³/mol. The van der Waals surface area contributed by atoms with Crippen molar-refractivity contribution in [1.82, 2.24) is 10.2 Å². The van der Waals surface area contributed by atoms with E-state index >= 15 is 0 Å². The number of carboxylic acid groups (broad SMARTS) is 1. The van der Waals surface area contributed by atoms with Gasteiger partial charge in [0.2, 0.25) is 0 Å². The van der Waals surface area contributed by atoms with Gasteiger partial charge in [-0.1, -0.05) is 0 Å². The summed E-state index contributed by atoms with van der Waals surface area (Å²) in [5.41, 5.74) is -0.906. The van der Waals surface area contributed by atoms with E-state index in [0.717, 1.165) is 13.0 Å². The zero-order chi connectivity index (χ0) is 12.3. The van der Waals surface area contributed by atoms with Crippen LogP contribution in [-0.4, -0.2) is 60.9 Å². The normalized spacial score (nSPS) is 29.3. The molecule has 2 N–H and O–H groups in total. The molecule has 1 heterocycles. The maximum absolute atomic E-state index is 11.2. The summed E-state index contributed by atoms with van der Waals surface area (Å²) >= 11 is 0. The Kier molecular flexibility index (Phi) is 4.29. The van der Waals surface area contributed by atoms with Crippen molar-refractivity contribution in [2.24, 2.45) is 0 Å². The fourth-order valence-electron chi connectivity index (χ4n) is 2.17. The second-order valence-corrected chi connectivity index (χ2v) is 4.73. The molecule has 5 nitrogen and oxygen atoms in total. The molecular weight excluding hydrogens is 208 g/mol. The van der Waals surface area contributed by atoms with Crippen LogP contribution in [-0.2, 0) is 9.53 Å². The van der Waals surface area contributed by atoms with Crippen LogP contribution >= 0.6 is 0 Å². The first-order valence-electron chi connectivity index (χ1n) is 5.65. The average molecular weight is 230 g/mol. The molecule has 1 rings (SSSR count). The number of nitrogens with one attached hydrogen (secondary N) is 1. The molecule has 16 heavy (non-hydrogen) atoms. The van der Waals surface area contributed by atoms with E-state index < -0.39 is 11.5 Å². The quantitative estimate of drug-likeness (QED) is 0.704. The molecule has 0 amide bonds. The van der Waals surface area contributed by atoms with Gasteiger partial charge in [0.05, 0.1) is 6.10 Å². The Hall–Kier alpha value is -0.650. The molecule has 0 aromatic carbocycles. The SMILES string of the molecule is CNC(C)(CN(C)C1CCOC1C)C(=O)O. The molecule has 1 saturated heterocycles. The minimum Gasteiger partial charge on any atom is -0.480 e. The number of likely N-dealkylation sites (N-methyl/N-ethyl adjacent to an activating group) is 2. The number of rotatable bonds is 5. The van der Waals surface area contributed by atoms with Gasteiger partial charge in [-0.05, 0) is 34.4 Å². The zero-order valence-electron chi connectivity index (χ0n) is 10.5. The third kappa shape index (κ3) is 2.72. The van der Waals surface area contributed by atoms with Gasteiger partial charge in [0.25, 0.3) is 0 Å². The van der Waals surface area contributed by atoms with Crippen molar-refractivity contribution in [2.75, 3.05) is 27.2 Å². The van der Waals surface area contributed by atoms with E-state index in [2.05, 4.69) is 10.2 Å². The lowest BCUT2D eigenvalue weighted by Crippen LogP contribution is -2.57. The highest BCUT2D eigenvalue weighted by molar-refractivity contribution is 5.78. The Morgan fingerprint density at radius 3 is 2.69 bits per heavy atom. The minimum absolute atomic E-state index is 0.180. The molecular formula is C11H22N2O3. The molecule has 0 radical (unpaired) electrons. The fraction of sp³-hybridized carbons (Fsp3) is 0.909. The maximum Gasteiger partial charge on any atom is 0.324 e. The molecule has 5 heteroatoms. The van der Waals surface area contributed by atoms with Gasteiger partial charge in [-0.3, -0.25) is 9.69 Å². The van der Waals surface area contributed by atoms with Crippen LogP contribution in [0.3, 0.4) is 0 Å². The van der Waals surface area contributed by atoms with Gasteiger partial charge in [-0.25, -0.2) is 0 Å². The summed E-state index contributed by atoms with van der Waals surface area (Å²) < 4.78 is 5.49. The van der Waals surface area contributed by atoms with Crippen LogP contribution in [0.25, 0.3) is 0 Å². The van der Waals surface area contributed by atoms with Crippen LogP contribution < -0.4 is 5.32 Å². The molecule has 3 atom stereocenters. The van der Waals surface area contributed by atoms with Gasteiger partial charge >= 0.3 is 5.97 Å². The molecule has 0 bridgehead atoms. The summed E-state index contributed by atoms with van der Waals surface area (Å²) in [6, 6.07) is 0.312. The monoisotopic (exact) mass is 230 g/mol. The van der Waals surface area contributed by atoms with Gasteiger partial charge < -0.3 is 15.2 Å². The summed E-state index contributed by atoms with van der Waals surface area (Å²) in [4.78, 5) is 13.2. The number of carbonyl (C=O) groups is 1. The first kappa shape index (κ1) is 13.4. The third-order valence-corrected chi connectivity index (χ3v) is 3.49. The minimum atomic E-state index is -0.906. The summed E-state index contributed by atoms with van der Waals surface area (Å²) in [5.74, 6) is -0.826. The highest BCUT2D eigenvalue weighted by Gasteiger charge is 2.36. The van der Waals surface area contributed by atoms with Gasteiger partial charge in [0, 0.05) is 19.2 Å². The van der Waals surface area contributed by atoms with E-state index in [-0.39, 0.29) is 6.10 Å². The Morgan fingerprint density at radius 2 is 2.31 bits per heavy atom. The maximum atomic E-state index is 11.2. The fourth-order valence-corrected chi connectivity index (χ4v) is 2.17. The number of carboxylic acids is 1. The van der Waals surface area contributed by atoms with Gasteiger partial charge in [0.15, 0.2) is 0 Å². The van der Waals surface area contributed by atoms with E-state index in [9.17, 15) is 4.79 Å². The first-order chi connectivity index (χ1) is 7.40. The van der Waals surface area contributed by atoms with E-state index in [1.165, 1.54) is 0 Å². The summed E-state index contributed by atoms with van der Waals surface area (Å²) in [7, 11) is 3.63. The number of nitrogens with zero attached hydrogens (tertiary/aromatic N) is 1.